The zero-order chi connectivity index (χ0) is 23.3. The minimum atomic E-state index is -1.19. The lowest BCUT2D eigenvalue weighted by Gasteiger charge is -2.06. The maximum absolute atomic E-state index is 11.7. The average molecular weight is 446 g/mol. The van der Waals surface area contributed by atoms with Gasteiger partial charge >= 0.3 is 24.2 Å². The summed E-state index contributed by atoms with van der Waals surface area (Å²) in [7, 11) is 0. The van der Waals surface area contributed by atoms with Gasteiger partial charge in [0.25, 0.3) is 0 Å². The maximum atomic E-state index is 11.7. The van der Waals surface area contributed by atoms with E-state index in [1.54, 1.807) is 24.3 Å². The molecule has 0 aromatic heterocycles. The Bertz CT molecular complexity index is 841. The van der Waals surface area contributed by atoms with E-state index in [4.69, 9.17) is 9.47 Å². The maximum Gasteiger partial charge on any atom is 0.549 e. The second kappa shape index (κ2) is 12.6. The van der Waals surface area contributed by atoms with Gasteiger partial charge in [0.05, 0.1) is 24.3 Å². The van der Waals surface area contributed by atoms with E-state index in [9.17, 15) is 19.2 Å². The molecule has 0 aliphatic rings. The molecule has 0 saturated carbocycles. The van der Waals surface area contributed by atoms with Crippen molar-refractivity contribution >= 4 is 24.2 Å². The molecule has 0 spiro atoms. The lowest BCUT2D eigenvalue weighted by atomic mass is 10.2. The Hall–Kier alpha value is -4.08. The van der Waals surface area contributed by atoms with E-state index in [0.29, 0.717) is 12.8 Å². The van der Waals surface area contributed by atoms with Gasteiger partial charge in [-0.05, 0) is 51.0 Å². The van der Waals surface area contributed by atoms with Gasteiger partial charge in [-0.1, -0.05) is 35.4 Å². The minimum Gasteiger partial charge on any atom is -0.432 e. The first kappa shape index (κ1) is 24.2. The lowest BCUT2D eigenvalue weighted by molar-refractivity contribution is -0.204. The normalized spacial score (nSPS) is 9.94. The summed E-state index contributed by atoms with van der Waals surface area (Å²) in [6.07, 6.45) is -1.74. The fourth-order valence-electron chi connectivity index (χ4n) is 2.18. The van der Waals surface area contributed by atoms with E-state index in [2.05, 4.69) is 19.6 Å². The van der Waals surface area contributed by atoms with E-state index >= 15 is 0 Å². The molecule has 0 N–H and O–H groups in total. The van der Waals surface area contributed by atoms with Crippen LogP contribution < -0.4 is 0 Å². The Balaban J connectivity index is 1.50. The van der Waals surface area contributed by atoms with Crippen LogP contribution in [0.2, 0.25) is 0 Å². The van der Waals surface area contributed by atoms with Crippen LogP contribution in [-0.4, -0.2) is 37.5 Å². The minimum absolute atomic E-state index is 0.0677. The molecule has 0 saturated heterocycles. The molecule has 0 radical (unpaired) electrons. The summed E-state index contributed by atoms with van der Waals surface area (Å²) in [5.41, 5.74) is 2.36. The number of benzene rings is 2. The second-order valence-corrected chi connectivity index (χ2v) is 6.54. The van der Waals surface area contributed by atoms with Gasteiger partial charge in [0.1, 0.15) is 0 Å². The molecule has 2 aromatic carbocycles. The third kappa shape index (κ3) is 8.74. The van der Waals surface area contributed by atoms with Crippen LogP contribution in [0.1, 0.15) is 44.7 Å². The summed E-state index contributed by atoms with van der Waals surface area (Å²) in [5.74, 6) is -1.67. The summed E-state index contributed by atoms with van der Waals surface area (Å²) in [6.45, 7) is 3.58. The van der Waals surface area contributed by atoms with Crippen molar-refractivity contribution in [1.82, 2.24) is 0 Å². The van der Waals surface area contributed by atoms with Crippen LogP contribution in [0.25, 0.3) is 0 Å². The topological polar surface area (TPSA) is 124 Å². The Kier molecular flexibility index (Phi) is 9.51. The average Bonchev–Trinajstić information content (AvgIpc) is 2.79. The molecule has 0 aliphatic heterocycles. The number of carbonyl (C=O) groups excluding carboxylic acids is 4. The van der Waals surface area contributed by atoms with E-state index < -0.39 is 24.2 Å². The van der Waals surface area contributed by atoms with Gasteiger partial charge in [0, 0.05) is 0 Å². The Morgan fingerprint density at radius 2 is 0.906 bits per heavy atom. The molecule has 0 fully saturated rings. The van der Waals surface area contributed by atoms with Crippen molar-refractivity contribution in [3.05, 3.63) is 70.8 Å². The number of aryl methyl sites for hydroxylation is 2. The molecule has 10 nitrogen and oxygen atoms in total. The number of carbonyl (C=O) groups is 4. The smallest absolute Gasteiger partial charge is 0.432 e. The Morgan fingerprint density at radius 3 is 1.25 bits per heavy atom. The quantitative estimate of drug-likeness (QED) is 0.264. The molecule has 2 rings (SSSR count). The van der Waals surface area contributed by atoms with Crippen LogP contribution in [0.5, 0.6) is 0 Å². The first-order chi connectivity index (χ1) is 15.3. The summed E-state index contributed by atoms with van der Waals surface area (Å²) >= 11 is 0. The Morgan fingerprint density at radius 1 is 0.562 bits per heavy atom. The molecule has 170 valence electrons. The molecule has 0 bridgehead atoms. The highest BCUT2D eigenvalue weighted by atomic mass is 17.2. The monoisotopic (exact) mass is 446 g/mol. The van der Waals surface area contributed by atoms with Crippen molar-refractivity contribution in [2.75, 3.05) is 13.2 Å². The molecular formula is C22H22O10. The fraction of sp³-hybridized carbons (Fsp3) is 0.273. The highest BCUT2D eigenvalue weighted by molar-refractivity contribution is 5.89. The summed E-state index contributed by atoms with van der Waals surface area (Å²) < 4.78 is 9.42. The molecule has 0 atom stereocenters. The first-order valence-electron chi connectivity index (χ1n) is 9.59. The predicted octanol–water partition coefficient (Wildman–Crippen LogP) is 4.23. The number of rotatable bonds is 7. The molecule has 0 heterocycles. The van der Waals surface area contributed by atoms with Crippen LogP contribution in [0.15, 0.2) is 48.5 Å². The number of hydrogen-bond donors (Lipinski definition) is 0. The zero-order valence-electron chi connectivity index (χ0n) is 17.5. The van der Waals surface area contributed by atoms with Gasteiger partial charge in [-0.15, -0.1) is 0 Å². The number of hydrogen-bond acceptors (Lipinski definition) is 10. The molecule has 0 amide bonds. The van der Waals surface area contributed by atoms with Crippen molar-refractivity contribution in [2.24, 2.45) is 0 Å². The SMILES string of the molecule is Cc1ccc(C(=O)OOC(=O)OCCCCOC(=O)OOC(=O)c2ccc(C)cc2)cc1. The van der Waals surface area contributed by atoms with Crippen LogP contribution in [0.4, 0.5) is 9.59 Å². The van der Waals surface area contributed by atoms with Crippen molar-refractivity contribution in [2.45, 2.75) is 26.7 Å². The predicted molar refractivity (Wildman–Crippen MR) is 107 cm³/mol. The van der Waals surface area contributed by atoms with Crippen LogP contribution in [-0.2, 0) is 29.0 Å². The summed E-state index contributed by atoms with van der Waals surface area (Å²) in [6, 6.07) is 13.0. The molecule has 10 heteroatoms. The largest absolute Gasteiger partial charge is 0.549 e. The van der Waals surface area contributed by atoms with E-state index in [-0.39, 0.29) is 24.3 Å². The Labute approximate surface area is 183 Å². The van der Waals surface area contributed by atoms with Gasteiger partial charge in [-0.2, -0.15) is 9.59 Å². The van der Waals surface area contributed by atoms with Crippen molar-refractivity contribution in [3.8, 4) is 0 Å². The molecular weight excluding hydrogens is 424 g/mol. The van der Waals surface area contributed by atoms with Crippen molar-refractivity contribution < 1.29 is 48.2 Å². The molecule has 2 aromatic rings. The molecule has 32 heavy (non-hydrogen) atoms. The van der Waals surface area contributed by atoms with E-state index in [0.717, 1.165) is 11.1 Å². The number of unbranched alkanes of at least 4 members (excludes halogenated alkanes) is 1. The molecule has 0 unspecified atom stereocenters. The van der Waals surface area contributed by atoms with E-state index in [1.165, 1.54) is 24.3 Å². The van der Waals surface area contributed by atoms with E-state index in [1.807, 2.05) is 13.8 Å². The fourth-order valence-corrected chi connectivity index (χ4v) is 2.18. The second-order valence-electron chi connectivity index (χ2n) is 6.54. The highest BCUT2D eigenvalue weighted by Crippen LogP contribution is 2.07. The highest BCUT2D eigenvalue weighted by Gasteiger charge is 2.14. The van der Waals surface area contributed by atoms with Gasteiger partial charge in [-0.3, -0.25) is 0 Å². The van der Waals surface area contributed by atoms with Crippen molar-refractivity contribution in [3.63, 3.8) is 0 Å². The zero-order valence-corrected chi connectivity index (χ0v) is 17.5. The van der Waals surface area contributed by atoms with Crippen LogP contribution in [0.3, 0.4) is 0 Å². The van der Waals surface area contributed by atoms with Crippen LogP contribution in [0, 0.1) is 13.8 Å². The lowest BCUT2D eigenvalue weighted by Crippen LogP contribution is -2.15. The number of ether oxygens (including phenoxy) is 2. The summed E-state index contributed by atoms with van der Waals surface area (Å²) in [4.78, 5) is 63.4. The summed E-state index contributed by atoms with van der Waals surface area (Å²) in [5, 5.41) is 0. The molecule has 0 aliphatic carbocycles. The van der Waals surface area contributed by atoms with Gasteiger partial charge in [0.2, 0.25) is 0 Å². The third-order valence-corrected chi connectivity index (χ3v) is 3.92. The van der Waals surface area contributed by atoms with Gasteiger partial charge in [-0.25, -0.2) is 29.1 Å². The van der Waals surface area contributed by atoms with Crippen molar-refractivity contribution in [1.29, 1.82) is 0 Å². The standard InChI is InChI=1S/C22H22O10/c1-15-5-9-17(10-6-15)19(23)29-31-21(25)27-13-3-4-14-28-22(26)32-30-20(24)18-11-7-16(2)8-12-18/h5-12H,3-4,13-14H2,1-2H3. The van der Waals surface area contributed by atoms with Gasteiger partial charge < -0.3 is 9.47 Å². The van der Waals surface area contributed by atoms with Crippen LogP contribution >= 0.6 is 0 Å². The third-order valence-electron chi connectivity index (χ3n) is 3.92. The first-order valence-corrected chi connectivity index (χ1v) is 9.59. The van der Waals surface area contributed by atoms with Gasteiger partial charge in [0.15, 0.2) is 0 Å².